The van der Waals surface area contributed by atoms with Gasteiger partial charge < -0.3 is 9.47 Å². The third-order valence-corrected chi connectivity index (χ3v) is 5.50. The summed E-state index contributed by atoms with van der Waals surface area (Å²) in [4.78, 5) is 4.50. The summed E-state index contributed by atoms with van der Waals surface area (Å²) in [6.07, 6.45) is 4.57. The molecular weight excluding hydrogens is 427 g/mol. The summed E-state index contributed by atoms with van der Waals surface area (Å²) in [5, 5.41) is 14.7. The maximum atomic E-state index is 14.2. The first-order valence-electron chi connectivity index (χ1n) is 9.04. The Kier molecular flexibility index (Phi) is 5.29. The van der Waals surface area contributed by atoms with Crippen LogP contribution >= 0.6 is 15.9 Å². The number of rotatable bonds is 4. The van der Waals surface area contributed by atoms with Crippen LogP contribution in [-0.2, 0) is 11.3 Å². The predicted molar refractivity (Wildman–Crippen MR) is 104 cm³/mol. The Balaban J connectivity index is 1.61. The smallest absolute Gasteiger partial charge is 0.160 e. The van der Waals surface area contributed by atoms with Crippen LogP contribution in [0, 0.1) is 24.1 Å². The molecule has 1 aliphatic rings. The summed E-state index contributed by atoms with van der Waals surface area (Å²) >= 11 is 3.27. The third-order valence-electron chi connectivity index (χ3n) is 4.83. The van der Waals surface area contributed by atoms with Crippen molar-refractivity contribution in [3.8, 4) is 11.8 Å². The number of hydrogen-bond donors (Lipinski definition) is 0. The molecule has 6 nitrogen and oxygen atoms in total. The van der Waals surface area contributed by atoms with Gasteiger partial charge in [-0.15, -0.1) is 0 Å². The number of nitrogens with zero attached hydrogens (tertiary/aromatic N) is 4. The van der Waals surface area contributed by atoms with E-state index in [4.69, 9.17) is 9.47 Å². The normalized spacial score (nSPS) is 16.9. The van der Waals surface area contributed by atoms with Crippen LogP contribution in [0.2, 0.25) is 0 Å². The number of ether oxygens (including phenoxy) is 2. The molecule has 1 unspecified atom stereocenters. The van der Waals surface area contributed by atoms with E-state index in [2.05, 4.69) is 26.0 Å². The van der Waals surface area contributed by atoms with Gasteiger partial charge in [-0.2, -0.15) is 10.4 Å². The average Bonchev–Trinajstić information content (AvgIpc) is 3.05. The van der Waals surface area contributed by atoms with Gasteiger partial charge in [0.25, 0.3) is 0 Å². The zero-order valence-electron chi connectivity index (χ0n) is 15.3. The van der Waals surface area contributed by atoms with Crippen LogP contribution in [0.5, 0.6) is 5.75 Å². The molecule has 3 heterocycles. The van der Waals surface area contributed by atoms with E-state index in [1.807, 2.05) is 23.7 Å². The lowest BCUT2D eigenvalue weighted by molar-refractivity contribution is -0.0371. The van der Waals surface area contributed by atoms with Crippen molar-refractivity contribution in [1.82, 2.24) is 14.8 Å². The van der Waals surface area contributed by atoms with Gasteiger partial charge in [0, 0.05) is 22.0 Å². The third kappa shape index (κ3) is 3.48. The number of fused-ring (bicyclic) bond motifs is 1. The number of benzene rings is 1. The summed E-state index contributed by atoms with van der Waals surface area (Å²) in [5.41, 5.74) is 2.00. The van der Waals surface area contributed by atoms with Gasteiger partial charge in [-0.05, 0) is 60.3 Å². The minimum Gasteiger partial charge on any atom is -0.487 e. The van der Waals surface area contributed by atoms with Crippen molar-refractivity contribution < 1.29 is 13.9 Å². The van der Waals surface area contributed by atoms with E-state index in [0.717, 1.165) is 42.6 Å². The predicted octanol–water partition coefficient (Wildman–Crippen LogP) is 4.79. The van der Waals surface area contributed by atoms with Gasteiger partial charge in [0.2, 0.25) is 0 Å². The molecule has 3 aromatic rings. The van der Waals surface area contributed by atoms with E-state index in [9.17, 15) is 9.65 Å². The standard InChI is InChI=1S/C20H18BrFN4O2/c1-12-14-8-13(28-11-16-15(9-23)17(21)5-6-18(16)22)10-24-20(14)26(25-12)19-4-2-3-7-27-19/h5-6,8,10,19H,2-4,7,11H2,1H3. The van der Waals surface area contributed by atoms with Crippen LogP contribution in [0.4, 0.5) is 4.39 Å². The highest BCUT2D eigenvalue weighted by atomic mass is 79.9. The minimum absolute atomic E-state index is 0.0692. The summed E-state index contributed by atoms with van der Waals surface area (Å²) in [6, 6.07) is 6.67. The first-order chi connectivity index (χ1) is 13.6. The Morgan fingerprint density at radius 3 is 3.04 bits per heavy atom. The fourth-order valence-corrected chi connectivity index (χ4v) is 3.82. The van der Waals surface area contributed by atoms with Crippen molar-refractivity contribution >= 4 is 27.0 Å². The number of hydrogen-bond acceptors (Lipinski definition) is 5. The second kappa shape index (κ2) is 7.86. The van der Waals surface area contributed by atoms with Crippen LogP contribution < -0.4 is 4.74 Å². The van der Waals surface area contributed by atoms with Crippen LogP contribution in [0.1, 0.15) is 42.3 Å². The summed E-state index contributed by atoms with van der Waals surface area (Å²) in [7, 11) is 0. The zero-order chi connectivity index (χ0) is 19.7. The van der Waals surface area contributed by atoms with Crippen LogP contribution in [0.3, 0.4) is 0 Å². The molecule has 1 saturated heterocycles. The van der Waals surface area contributed by atoms with E-state index in [-0.39, 0.29) is 24.0 Å². The second-order valence-electron chi connectivity index (χ2n) is 6.68. The molecule has 1 aliphatic heterocycles. The van der Waals surface area contributed by atoms with Crippen LogP contribution in [0.25, 0.3) is 11.0 Å². The lowest BCUT2D eigenvalue weighted by Gasteiger charge is -2.23. The van der Waals surface area contributed by atoms with E-state index in [1.54, 1.807) is 6.20 Å². The van der Waals surface area contributed by atoms with Gasteiger partial charge in [0.1, 0.15) is 24.2 Å². The zero-order valence-corrected chi connectivity index (χ0v) is 16.9. The van der Waals surface area contributed by atoms with Crippen molar-refractivity contribution in [2.45, 2.75) is 39.0 Å². The largest absolute Gasteiger partial charge is 0.487 e. The molecule has 1 atom stereocenters. The monoisotopic (exact) mass is 444 g/mol. The number of aromatic nitrogens is 3. The Labute approximate surface area is 170 Å². The lowest BCUT2D eigenvalue weighted by Crippen LogP contribution is -2.19. The fraction of sp³-hybridized carbons (Fsp3) is 0.350. The molecule has 0 bridgehead atoms. The first kappa shape index (κ1) is 18.8. The highest BCUT2D eigenvalue weighted by Gasteiger charge is 2.21. The summed E-state index contributed by atoms with van der Waals surface area (Å²) in [6.45, 7) is 2.57. The molecule has 4 rings (SSSR count). The van der Waals surface area contributed by atoms with E-state index < -0.39 is 5.82 Å². The number of aryl methyl sites for hydroxylation is 1. The van der Waals surface area contributed by atoms with Gasteiger partial charge in [-0.3, -0.25) is 0 Å². The number of nitriles is 1. The number of pyridine rings is 1. The van der Waals surface area contributed by atoms with Crippen molar-refractivity contribution in [2.24, 2.45) is 0 Å². The van der Waals surface area contributed by atoms with E-state index in [1.165, 1.54) is 12.1 Å². The highest BCUT2D eigenvalue weighted by Crippen LogP contribution is 2.29. The molecule has 0 saturated carbocycles. The SMILES string of the molecule is Cc1nn(C2CCCCO2)c2ncc(OCc3c(F)ccc(Br)c3C#N)cc12. The Bertz CT molecular complexity index is 1070. The maximum absolute atomic E-state index is 14.2. The minimum atomic E-state index is -0.479. The molecule has 1 aromatic carbocycles. The molecule has 1 fully saturated rings. The van der Waals surface area contributed by atoms with Crippen LogP contribution in [-0.4, -0.2) is 21.4 Å². The lowest BCUT2D eigenvalue weighted by atomic mass is 10.1. The second-order valence-corrected chi connectivity index (χ2v) is 7.53. The van der Waals surface area contributed by atoms with Crippen molar-refractivity contribution in [2.75, 3.05) is 6.61 Å². The van der Waals surface area contributed by atoms with E-state index >= 15 is 0 Å². The van der Waals surface area contributed by atoms with Gasteiger partial charge in [0.05, 0.1) is 17.5 Å². The molecule has 144 valence electrons. The van der Waals surface area contributed by atoms with Gasteiger partial charge in [-0.1, -0.05) is 0 Å². The summed E-state index contributed by atoms with van der Waals surface area (Å²) in [5.74, 6) is 0.00946. The number of halogens is 2. The molecule has 28 heavy (non-hydrogen) atoms. The molecule has 0 amide bonds. The average molecular weight is 445 g/mol. The van der Waals surface area contributed by atoms with E-state index in [0.29, 0.717) is 10.2 Å². The van der Waals surface area contributed by atoms with Crippen molar-refractivity contribution in [1.29, 1.82) is 5.26 Å². The molecular formula is C20H18BrFN4O2. The topological polar surface area (TPSA) is 73.0 Å². The maximum Gasteiger partial charge on any atom is 0.160 e. The fourth-order valence-electron chi connectivity index (χ4n) is 3.36. The van der Waals surface area contributed by atoms with Gasteiger partial charge >= 0.3 is 0 Å². The van der Waals surface area contributed by atoms with Crippen molar-refractivity contribution in [3.05, 3.63) is 51.5 Å². The van der Waals surface area contributed by atoms with Crippen molar-refractivity contribution in [3.63, 3.8) is 0 Å². The molecule has 2 aromatic heterocycles. The molecule has 0 radical (unpaired) electrons. The summed E-state index contributed by atoms with van der Waals surface area (Å²) < 4.78 is 28.1. The molecule has 0 spiro atoms. The Morgan fingerprint density at radius 1 is 1.43 bits per heavy atom. The molecule has 8 heteroatoms. The molecule has 0 aliphatic carbocycles. The molecule has 0 N–H and O–H groups in total. The quantitative estimate of drug-likeness (QED) is 0.578. The highest BCUT2D eigenvalue weighted by molar-refractivity contribution is 9.10. The Morgan fingerprint density at radius 2 is 2.29 bits per heavy atom. The van der Waals surface area contributed by atoms with Crippen LogP contribution in [0.15, 0.2) is 28.9 Å². The van der Waals surface area contributed by atoms with Gasteiger partial charge in [-0.25, -0.2) is 14.1 Å². The Hall–Kier alpha value is -2.50. The van der Waals surface area contributed by atoms with Gasteiger partial charge in [0.15, 0.2) is 11.9 Å². The first-order valence-corrected chi connectivity index (χ1v) is 9.84.